The number of ether oxygens (including phenoxy) is 2. The molecule has 0 fully saturated rings. The first kappa shape index (κ1) is 15.6. The molecule has 0 radical (unpaired) electrons. The van der Waals surface area contributed by atoms with Crippen LogP contribution in [0.15, 0.2) is 41.3 Å². The summed E-state index contributed by atoms with van der Waals surface area (Å²) in [6, 6.07) is 11.1. The molecule has 2 aromatic carbocycles. The van der Waals surface area contributed by atoms with Gasteiger partial charge in [0.25, 0.3) is 0 Å². The van der Waals surface area contributed by atoms with Gasteiger partial charge in [-0.25, -0.2) is 0 Å². The first-order chi connectivity index (χ1) is 11.1. The second-order valence-corrected chi connectivity index (χ2v) is 6.57. The summed E-state index contributed by atoms with van der Waals surface area (Å²) >= 11 is 1.60. The number of fused-ring (bicyclic) bond motifs is 1. The van der Waals surface area contributed by atoms with Crippen molar-refractivity contribution >= 4 is 17.6 Å². The van der Waals surface area contributed by atoms with Crippen LogP contribution in [0.3, 0.4) is 0 Å². The van der Waals surface area contributed by atoms with Crippen LogP contribution in [-0.2, 0) is 13.0 Å². The van der Waals surface area contributed by atoms with Crippen molar-refractivity contribution in [3.05, 3.63) is 47.5 Å². The first-order valence-corrected chi connectivity index (χ1v) is 8.07. The van der Waals surface area contributed by atoms with Gasteiger partial charge in [0.2, 0.25) is 0 Å². The monoisotopic (exact) mass is 330 g/mol. The highest BCUT2D eigenvalue weighted by atomic mass is 32.2. The first-order valence-electron chi connectivity index (χ1n) is 7.19. The fraction of sp³-hybridized carbons (Fsp3) is 0.235. The zero-order chi connectivity index (χ0) is 16.4. The molecule has 0 amide bonds. The van der Waals surface area contributed by atoms with Gasteiger partial charge in [0.15, 0.2) is 11.5 Å². The summed E-state index contributed by atoms with van der Waals surface area (Å²) in [4.78, 5) is 1.11. The predicted octanol–water partition coefficient (Wildman–Crippen LogP) is 2.93. The molecule has 1 unspecified atom stereocenters. The lowest BCUT2D eigenvalue weighted by molar-refractivity contribution is 0.303. The average molecular weight is 330 g/mol. The second-order valence-electron chi connectivity index (χ2n) is 5.33. The number of nitrogens with one attached hydrogen (secondary N) is 1. The van der Waals surface area contributed by atoms with Crippen LogP contribution in [0.4, 0.5) is 0 Å². The van der Waals surface area contributed by atoms with Crippen molar-refractivity contribution in [2.24, 2.45) is 5.73 Å². The molecule has 1 aliphatic rings. The third-order valence-corrected chi connectivity index (χ3v) is 5.05. The molecule has 23 heavy (non-hydrogen) atoms. The number of aromatic hydroxyl groups is 1. The van der Waals surface area contributed by atoms with E-state index < -0.39 is 0 Å². The molecule has 0 aromatic heterocycles. The van der Waals surface area contributed by atoms with Crippen molar-refractivity contribution < 1.29 is 14.6 Å². The Kier molecular flexibility index (Phi) is 4.34. The average Bonchev–Trinajstić information content (AvgIpc) is 2.96. The van der Waals surface area contributed by atoms with Gasteiger partial charge in [-0.1, -0.05) is 12.1 Å². The number of hydrogen-bond acceptors (Lipinski definition) is 5. The molecule has 0 spiro atoms. The lowest BCUT2D eigenvalue weighted by atomic mass is 10.1. The highest BCUT2D eigenvalue weighted by molar-refractivity contribution is 8.01. The minimum absolute atomic E-state index is 0.0267. The van der Waals surface area contributed by atoms with E-state index in [1.807, 2.05) is 24.3 Å². The number of hydrogen-bond donors (Lipinski definition) is 3. The van der Waals surface area contributed by atoms with Crippen LogP contribution in [0, 0.1) is 5.41 Å². The van der Waals surface area contributed by atoms with Gasteiger partial charge >= 0.3 is 0 Å². The number of phenols is 1. The Morgan fingerprint density at radius 2 is 2.17 bits per heavy atom. The zero-order valence-electron chi connectivity index (χ0n) is 12.7. The number of amidine groups is 1. The number of nitrogens with two attached hydrogens (primary N) is 1. The predicted molar refractivity (Wildman–Crippen MR) is 90.7 cm³/mol. The van der Waals surface area contributed by atoms with Crippen LogP contribution >= 0.6 is 11.8 Å². The summed E-state index contributed by atoms with van der Waals surface area (Å²) in [6.45, 7) is 0.358. The maximum atomic E-state index is 9.78. The normalized spacial score (nSPS) is 16.0. The SMILES string of the molecule is COc1ccc(COc2ccc3c(c2)SC(C(=N)N)C3)cc1O. The van der Waals surface area contributed by atoms with Gasteiger partial charge in [-0.3, -0.25) is 5.41 Å². The van der Waals surface area contributed by atoms with Crippen LogP contribution in [0.2, 0.25) is 0 Å². The number of thioether (sulfide) groups is 1. The highest BCUT2D eigenvalue weighted by Gasteiger charge is 2.24. The molecule has 0 bridgehead atoms. The Hall–Kier alpha value is -2.34. The maximum Gasteiger partial charge on any atom is 0.160 e. The molecule has 0 saturated heterocycles. The van der Waals surface area contributed by atoms with E-state index in [0.717, 1.165) is 22.6 Å². The molecular weight excluding hydrogens is 312 g/mol. The van der Waals surface area contributed by atoms with E-state index in [9.17, 15) is 5.11 Å². The van der Waals surface area contributed by atoms with Crippen molar-refractivity contribution in [1.29, 1.82) is 5.41 Å². The van der Waals surface area contributed by atoms with Crippen molar-refractivity contribution in [2.45, 2.75) is 23.2 Å². The second kappa shape index (κ2) is 6.42. The number of benzene rings is 2. The van der Waals surface area contributed by atoms with E-state index in [1.54, 1.807) is 23.9 Å². The fourth-order valence-corrected chi connectivity index (χ4v) is 3.65. The van der Waals surface area contributed by atoms with Gasteiger partial charge in [0.1, 0.15) is 18.2 Å². The molecular formula is C17H18N2O3S. The van der Waals surface area contributed by atoms with Crippen LogP contribution in [-0.4, -0.2) is 23.3 Å². The van der Waals surface area contributed by atoms with E-state index in [0.29, 0.717) is 12.4 Å². The van der Waals surface area contributed by atoms with E-state index >= 15 is 0 Å². The molecule has 3 rings (SSSR count). The van der Waals surface area contributed by atoms with E-state index in [1.165, 1.54) is 12.7 Å². The third kappa shape index (κ3) is 3.37. The van der Waals surface area contributed by atoms with E-state index in [2.05, 4.69) is 0 Å². The van der Waals surface area contributed by atoms with Gasteiger partial charge in [-0.05, 0) is 41.8 Å². The zero-order valence-corrected chi connectivity index (χ0v) is 13.5. The van der Waals surface area contributed by atoms with Crippen LogP contribution < -0.4 is 15.2 Å². The summed E-state index contributed by atoms with van der Waals surface area (Å²) in [6.07, 6.45) is 0.794. The van der Waals surface area contributed by atoms with Gasteiger partial charge in [-0.2, -0.15) is 0 Å². The van der Waals surface area contributed by atoms with Crippen molar-refractivity contribution in [3.8, 4) is 17.2 Å². The molecule has 0 aliphatic carbocycles. The van der Waals surface area contributed by atoms with Crippen LogP contribution in [0.25, 0.3) is 0 Å². The summed E-state index contributed by atoms with van der Waals surface area (Å²) in [5.41, 5.74) is 7.64. The molecule has 4 N–H and O–H groups in total. The van der Waals surface area contributed by atoms with Crippen molar-refractivity contribution in [3.63, 3.8) is 0 Å². The molecule has 1 heterocycles. The van der Waals surface area contributed by atoms with Crippen LogP contribution in [0.5, 0.6) is 17.2 Å². The molecule has 1 aliphatic heterocycles. The molecule has 1 atom stereocenters. The molecule has 5 nitrogen and oxygen atoms in total. The third-order valence-electron chi connectivity index (χ3n) is 3.71. The summed E-state index contributed by atoms with van der Waals surface area (Å²) in [7, 11) is 1.52. The Morgan fingerprint density at radius 1 is 1.35 bits per heavy atom. The van der Waals surface area contributed by atoms with Crippen molar-refractivity contribution in [2.75, 3.05) is 7.11 Å². The summed E-state index contributed by atoms with van der Waals surface area (Å²) in [5, 5.41) is 17.4. The fourth-order valence-electron chi connectivity index (χ4n) is 2.46. The van der Waals surface area contributed by atoms with E-state index in [4.69, 9.17) is 20.6 Å². The molecule has 2 aromatic rings. The lowest BCUT2D eigenvalue weighted by Crippen LogP contribution is -2.24. The smallest absolute Gasteiger partial charge is 0.160 e. The Morgan fingerprint density at radius 3 is 2.87 bits per heavy atom. The van der Waals surface area contributed by atoms with Gasteiger partial charge in [0.05, 0.1) is 12.4 Å². The van der Waals surface area contributed by atoms with Crippen LogP contribution in [0.1, 0.15) is 11.1 Å². The number of rotatable bonds is 5. The van der Waals surface area contributed by atoms with Gasteiger partial charge in [-0.15, -0.1) is 11.8 Å². The number of methoxy groups -OCH3 is 1. The summed E-state index contributed by atoms with van der Waals surface area (Å²) in [5.74, 6) is 1.51. The molecule has 120 valence electrons. The quantitative estimate of drug-likeness (QED) is 0.579. The minimum atomic E-state index is 0.0267. The topological polar surface area (TPSA) is 88.6 Å². The number of phenolic OH excluding ortho intramolecular Hbond substituents is 1. The Labute approximate surface area is 138 Å². The maximum absolute atomic E-state index is 9.78. The lowest BCUT2D eigenvalue weighted by Gasteiger charge is -2.09. The molecule has 0 saturated carbocycles. The van der Waals surface area contributed by atoms with Gasteiger partial charge in [0, 0.05) is 4.90 Å². The molecule has 6 heteroatoms. The minimum Gasteiger partial charge on any atom is -0.504 e. The largest absolute Gasteiger partial charge is 0.504 e. The van der Waals surface area contributed by atoms with E-state index in [-0.39, 0.29) is 16.8 Å². The standard InChI is InChI=1S/C17H18N2O3S/c1-21-14-5-2-10(6-13(14)20)9-22-12-4-3-11-7-16(17(18)19)23-15(11)8-12/h2-6,8,16,20H,7,9H2,1H3,(H3,18,19). The highest BCUT2D eigenvalue weighted by Crippen LogP contribution is 2.39. The Balaban J connectivity index is 1.67. The van der Waals surface area contributed by atoms with Gasteiger partial charge < -0.3 is 20.3 Å². The Bertz CT molecular complexity index is 749. The van der Waals surface area contributed by atoms with Crippen molar-refractivity contribution in [1.82, 2.24) is 0 Å². The summed E-state index contributed by atoms with van der Waals surface area (Å²) < 4.78 is 10.8.